The first-order valence-electron chi connectivity index (χ1n) is 10.8. The maximum atomic E-state index is 12.3. The summed E-state index contributed by atoms with van der Waals surface area (Å²) in [6.07, 6.45) is 15.9. The molecular formula is C26H34O6. The van der Waals surface area contributed by atoms with Gasteiger partial charge < -0.3 is 19.3 Å². The number of epoxide rings is 1. The summed E-state index contributed by atoms with van der Waals surface area (Å²) in [5, 5.41) is 8.50. The smallest absolute Gasteiger partial charge is 0.331 e. The standard InChI is InChI=1S/C26H34O6/c1-18(2)14-17-21-26(4,32-21)24-19(3)15-16-20(25(24)30-5)31-23(29)13-11-9-7-6-8-10-12-22(27)28/h6-14,20-21,24-25H,3,15-17H2,1-2,4-5H3,(H,27,28)/b8-6+,9-7+,12-10+,13-11+/t20-,21+,24-,25-,26+/m1/s1. The summed E-state index contributed by atoms with van der Waals surface area (Å²) < 4.78 is 17.6. The van der Waals surface area contributed by atoms with Gasteiger partial charge in [-0.3, -0.25) is 0 Å². The number of carbonyl (C=O) groups excluding carboxylic acids is 1. The van der Waals surface area contributed by atoms with E-state index in [0.717, 1.165) is 24.5 Å². The molecule has 0 aromatic carbocycles. The highest BCUT2D eigenvalue weighted by molar-refractivity contribution is 5.82. The van der Waals surface area contributed by atoms with Gasteiger partial charge in [0.15, 0.2) is 0 Å². The van der Waals surface area contributed by atoms with Crippen LogP contribution in [0.1, 0.15) is 40.0 Å². The molecule has 1 heterocycles. The first kappa shape index (κ1) is 25.6. The number of carboxylic acids is 1. The van der Waals surface area contributed by atoms with E-state index in [4.69, 9.17) is 19.3 Å². The molecule has 32 heavy (non-hydrogen) atoms. The lowest BCUT2D eigenvalue weighted by molar-refractivity contribution is -0.156. The molecule has 0 radical (unpaired) electrons. The first-order valence-corrected chi connectivity index (χ1v) is 10.8. The summed E-state index contributed by atoms with van der Waals surface area (Å²) in [5.74, 6) is -1.48. The Balaban J connectivity index is 1.95. The van der Waals surface area contributed by atoms with Crippen molar-refractivity contribution in [2.45, 2.75) is 63.9 Å². The molecule has 2 aliphatic rings. The van der Waals surface area contributed by atoms with Crippen molar-refractivity contribution in [3.63, 3.8) is 0 Å². The fourth-order valence-electron chi connectivity index (χ4n) is 4.13. The number of esters is 1. The third-order valence-electron chi connectivity index (χ3n) is 5.79. The molecule has 6 heteroatoms. The van der Waals surface area contributed by atoms with Crippen LogP contribution in [0.3, 0.4) is 0 Å². The Morgan fingerprint density at radius 2 is 1.78 bits per heavy atom. The number of aliphatic carboxylic acids is 1. The quantitative estimate of drug-likeness (QED) is 0.173. The molecule has 1 aliphatic heterocycles. The molecular weight excluding hydrogens is 408 g/mol. The number of ether oxygens (including phenoxy) is 3. The number of carboxylic acid groups (broad SMARTS) is 1. The van der Waals surface area contributed by atoms with Crippen molar-refractivity contribution in [3.05, 3.63) is 72.4 Å². The van der Waals surface area contributed by atoms with Crippen LogP contribution in [0.2, 0.25) is 0 Å². The molecule has 0 spiro atoms. The molecule has 174 valence electrons. The Bertz CT molecular complexity index is 842. The highest BCUT2D eigenvalue weighted by Gasteiger charge is 2.61. The van der Waals surface area contributed by atoms with Crippen LogP contribution < -0.4 is 0 Å². The van der Waals surface area contributed by atoms with E-state index < -0.39 is 11.9 Å². The van der Waals surface area contributed by atoms with Gasteiger partial charge in [0.25, 0.3) is 0 Å². The Hall–Kier alpha value is -2.70. The Morgan fingerprint density at radius 3 is 2.38 bits per heavy atom. The summed E-state index contributed by atoms with van der Waals surface area (Å²) in [6, 6.07) is 0. The van der Waals surface area contributed by atoms with Crippen LogP contribution in [0.25, 0.3) is 0 Å². The second-order valence-electron chi connectivity index (χ2n) is 8.48. The molecule has 6 nitrogen and oxygen atoms in total. The Morgan fingerprint density at radius 1 is 1.16 bits per heavy atom. The third kappa shape index (κ3) is 7.18. The number of allylic oxidation sites excluding steroid dienone is 7. The zero-order valence-corrected chi connectivity index (χ0v) is 19.3. The van der Waals surface area contributed by atoms with Gasteiger partial charge in [0, 0.05) is 25.2 Å². The molecule has 1 aliphatic carbocycles. The van der Waals surface area contributed by atoms with E-state index in [0.29, 0.717) is 6.42 Å². The molecule has 0 bridgehead atoms. The molecule has 0 aromatic rings. The van der Waals surface area contributed by atoms with Crippen molar-refractivity contribution in [2.24, 2.45) is 5.92 Å². The molecule has 1 N–H and O–H groups in total. The summed E-state index contributed by atoms with van der Waals surface area (Å²) in [4.78, 5) is 22.7. The lowest BCUT2D eigenvalue weighted by Gasteiger charge is -2.40. The SMILES string of the molecule is C=C1CC[C@@H](OC(=O)/C=C/C=C/C=C/C=C/C(=O)O)[C@@H](OC)[C@@H]1[C@@]1(C)O[C@H]1CC=C(C)C. The fourth-order valence-corrected chi connectivity index (χ4v) is 4.13. The fraction of sp³-hybridized carbons (Fsp3) is 0.462. The summed E-state index contributed by atoms with van der Waals surface area (Å²) in [6.45, 7) is 10.5. The van der Waals surface area contributed by atoms with E-state index in [1.807, 2.05) is 0 Å². The van der Waals surface area contributed by atoms with E-state index in [9.17, 15) is 9.59 Å². The van der Waals surface area contributed by atoms with Crippen LogP contribution in [-0.2, 0) is 23.8 Å². The van der Waals surface area contributed by atoms with Crippen LogP contribution in [0.4, 0.5) is 0 Å². The van der Waals surface area contributed by atoms with E-state index in [-0.39, 0.29) is 29.8 Å². The predicted molar refractivity (Wildman–Crippen MR) is 124 cm³/mol. The zero-order valence-electron chi connectivity index (χ0n) is 19.3. The average Bonchev–Trinajstić information content (AvgIpc) is 3.39. The highest BCUT2D eigenvalue weighted by Crippen LogP contribution is 2.52. The van der Waals surface area contributed by atoms with Gasteiger partial charge in [0.05, 0.1) is 6.10 Å². The Kier molecular flexibility index (Phi) is 9.42. The minimum atomic E-state index is -1.00. The topological polar surface area (TPSA) is 85.4 Å². The van der Waals surface area contributed by atoms with E-state index >= 15 is 0 Å². The van der Waals surface area contributed by atoms with Crippen LogP contribution >= 0.6 is 0 Å². The summed E-state index contributed by atoms with van der Waals surface area (Å²) in [7, 11) is 1.64. The van der Waals surface area contributed by atoms with Crippen molar-refractivity contribution in [2.75, 3.05) is 7.11 Å². The van der Waals surface area contributed by atoms with Crippen LogP contribution in [0.15, 0.2) is 72.4 Å². The molecule has 0 unspecified atom stereocenters. The van der Waals surface area contributed by atoms with Crippen molar-refractivity contribution < 1.29 is 28.9 Å². The largest absolute Gasteiger partial charge is 0.478 e. The maximum Gasteiger partial charge on any atom is 0.331 e. The number of carbonyl (C=O) groups is 2. The van der Waals surface area contributed by atoms with Gasteiger partial charge in [-0.05, 0) is 40.0 Å². The lowest BCUT2D eigenvalue weighted by Crippen LogP contribution is -2.48. The second-order valence-corrected chi connectivity index (χ2v) is 8.48. The number of methoxy groups -OCH3 is 1. The van der Waals surface area contributed by atoms with E-state index in [2.05, 4.69) is 33.4 Å². The zero-order chi connectivity index (χ0) is 23.7. The van der Waals surface area contributed by atoms with Crippen molar-refractivity contribution in [3.8, 4) is 0 Å². The van der Waals surface area contributed by atoms with Crippen molar-refractivity contribution in [1.82, 2.24) is 0 Å². The molecule has 1 saturated carbocycles. The molecule has 2 rings (SSSR count). The van der Waals surface area contributed by atoms with E-state index in [1.165, 1.54) is 17.7 Å². The van der Waals surface area contributed by atoms with E-state index in [1.54, 1.807) is 37.5 Å². The molecule has 0 amide bonds. The third-order valence-corrected chi connectivity index (χ3v) is 5.79. The van der Waals surface area contributed by atoms with Gasteiger partial charge in [-0.2, -0.15) is 0 Å². The van der Waals surface area contributed by atoms with Crippen molar-refractivity contribution >= 4 is 11.9 Å². The lowest BCUT2D eigenvalue weighted by atomic mass is 9.72. The monoisotopic (exact) mass is 442 g/mol. The average molecular weight is 443 g/mol. The summed E-state index contributed by atoms with van der Waals surface area (Å²) in [5.41, 5.74) is 1.97. The molecule has 1 saturated heterocycles. The van der Waals surface area contributed by atoms with Crippen LogP contribution in [-0.4, -0.2) is 48.1 Å². The van der Waals surface area contributed by atoms with Gasteiger partial charge in [-0.25, -0.2) is 9.59 Å². The maximum absolute atomic E-state index is 12.3. The Labute approximate surface area is 190 Å². The van der Waals surface area contributed by atoms with Gasteiger partial charge in [-0.15, -0.1) is 0 Å². The van der Waals surface area contributed by atoms with Gasteiger partial charge in [0.2, 0.25) is 0 Å². The van der Waals surface area contributed by atoms with Crippen molar-refractivity contribution in [1.29, 1.82) is 0 Å². The van der Waals surface area contributed by atoms with Gasteiger partial charge in [0.1, 0.15) is 17.8 Å². The minimum absolute atomic E-state index is 0.0394. The minimum Gasteiger partial charge on any atom is -0.478 e. The normalized spacial score (nSPS) is 30.4. The predicted octanol–water partition coefficient (Wildman–Crippen LogP) is 4.70. The first-order chi connectivity index (χ1) is 15.2. The van der Waals surface area contributed by atoms with Gasteiger partial charge >= 0.3 is 11.9 Å². The number of rotatable bonds is 10. The molecule has 5 atom stereocenters. The van der Waals surface area contributed by atoms with Crippen LogP contribution in [0, 0.1) is 5.92 Å². The number of hydrogen-bond donors (Lipinski definition) is 1. The second kappa shape index (κ2) is 11.8. The molecule has 0 aromatic heterocycles. The van der Waals surface area contributed by atoms with Crippen LogP contribution in [0.5, 0.6) is 0 Å². The number of hydrogen-bond acceptors (Lipinski definition) is 5. The van der Waals surface area contributed by atoms with Gasteiger partial charge in [-0.1, -0.05) is 60.3 Å². The summed E-state index contributed by atoms with van der Waals surface area (Å²) >= 11 is 0. The molecule has 2 fully saturated rings. The highest BCUT2D eigenvalue weighted by atomic mass is 16.6.